The van der Waals surface area contributed by atoms with Gasteiger partial charge in [-0.2, -0.15) is 0 Å². The van der Waals surface area contributed by atoms with E-state index in [1.54, 1.807) is 7.11 Å². The summed E-state index contributed by atoms with van der Waals surface area (Å²) in [6.07, 6.45) is -0.623. The smallest absolute Gasteiger partial charge is 0.119 e. The average Bonchev–Trinajstić information content (AvgIpc) is 2.51. The fourth-order valence-corrected chi connectivity index (χ4v) is 1.92. The highest BCUT2D eigenvalue weighted by atomic mass is 16.5. The molecular formula is C15H26N2O4. The molecule has 0 amide bonds. The Morgan fingerprint density at radius 1 is 1.24 bits per heavy atom. The Morgan fingerprint density at radius 2 is 1.95 bits per heavy atom. The van der Waals surface area contributed by atoms with Crippen LogP contribution in [0.1, 0.15) is 5.56 Å². The van der Waals surface area contributed by atoms with E-state index >= 15 is 0 Å². The van der Waals surface area contributed by atoms with Gasteiger partial charge >= 0.3 is 0 Å². The minimum Gasteiger partial charge on any atom is -0.491 e. The van der Waals surface area contributed by atoms with Gasteiger partial charge in [0.2, 0.25) is 0 Å². The van der Waals surface area contributed by atoms with Crippen LogP contribution in [0, 0.1) is 0 Å². The molecule has 1 rings (SSSR count). The van der Waals surface area contributed by atoms with E-state index in [1.165, 1.54) is 0 Å². The Hall–Kier alpha value is -1.18. The number of nitrogens with two attached hydrogens (primary N) is 1. The summed E-state index contributed by atoms with van der Waals surface area (Å²) in [5.41, 5.74) is 6.57. The van der Waals surface area contributed by atoms with Crippen LogP contribution in [0.5, 0.6) is 5.75 Å². The van der Waals surface area contributed by atoms with E-state index < -0.39 is 6.10 Å². The lowest BCUT2D eigenvalue weighted by Crippen LogP contribution is -2.39. The fourth-order valence-electron chi connectivity index (χ4n) is 1.92. The standard InChI is InChI=1S/C15H26N2O4/c1-20-9-7-17(6-8-18)11-14(19)12-21-15-4-2-13(10-16)3-5-15/h2-5,14,18-19H,6-12,16H2,1H3. The van der Waals surface area contributed by atoms with E-state index in [2.05, 4.69) is 0 Å². The summed E-state index contributed by atoms with van der Waals surface area (Å²) >= 11 is 0. The maximum absolute atomic E-state index is 10.00. The molecule has 120 valence electrons. The Kier molecular flexibility index (Phi) is 8.96. The average molecular weight is 298 g/mol. The Morgan fingerprint density at radius 3 is 2.52 bits per heavy atom. The van der Waals surface area contributed by atoms with Crippen molar-refractivity contribution in [3.63, 3.8) is 0 Å². The van der Waals surface area contributed by atoms with Crippen LogP contribution in [-0.4, -0.2) is 67.8 Å². The van der Waals surface area contributed by atoms with Crippen LogP contribution in [0.3, 0.4) is 0 Å². The SMILES string of the molecule is COCCN(CCO)CC(O)COc1ccc(CN)cc1. The van der Waals surface area contributed by atoms with Crippen molar-refractivity contribution in [1.29, 1.82) is 0 Å². The number of aliphatic hydroxyl groups excluding tert-OH is 2. The zero-order chi connectivity index (χ0) is 15.5. The first-order chi connectivity index (χ1) is 10.2. The zero-order valence-electron chi connectivity index (χ0n) is 12.6. The molecule has 0 saturated carbocycles. The quantitative estimate of drug-likeness (QED) is 0.525. The summed E-state index contributed by atoms with van der Waals surface area (Å²) in [5, 5.41) is 19.0. The van der Waals surface area contributed by atoms with Gasteiger partial charge in [-0.05, 0) is 17.7 Å². The molecule has 0 aliphatic rings. The summed E-state index contributed by atoms with van der Waals surface area (Å²) < 4.78 is 10.5. The highest BCUT2D eigenvalue weighted by molar-refractivity contribution is 5.27. The van der Waals surface area contributed by atoms with E-state index in [-0.39, 0.29) is 13.2 Å². The molecule has 1 aromatic carbocycles. The molecule has 0 aromatic heterocycles. The molecule has 4 N–H and O–H groups in total. The monoisotopic (exact) mass is 298 g/mol. The number of benzene rings is 1. The molecule has 0 heterocycles. The predicted molar refractivity (Wildman–Crippen MR) is 81.2 cm³/mol. The second-order valence-corrected chi connectivity index (χ2v) is 4.83. The van der Waals surface area contributed by atoms with Gasteiger partial charge in [0.25, 0.3) is 0 Å². The lowest BCUT2D eigenvalue weighted by molar-refractivity contribution is 0.0505. The van der Waals surface area contributed by atoms with Crippen LogP contribution < -0.4 is 10.5 Å². The van der Waals surface area contributed by atoms with Crippen LogP contribution in [0.2, 0.25) is 0 Å². The van der Waals surface area contributed by atoms with Gasteiger partial charge in [0.15, 0.2) is 0 Å². The minimum atomic E-state index is -0.623. The molecule has 0 saturated heterocycles. The Balaban J connectivity index is 2.34. The molecule has 0 aliphatic carbocycles. The van der Waals surface area contributed by atoms with E-state index in [4.69, 9.17) is 20.3 Å². The van der Waals surface area contributed by atoms with Gasteiger partial charge in [0.05, 0.1) is 13.2 Å². The van der Waals surface area contributed by atoms with Crippen LogP contribution in [0.15, 0.2) is 24.3 Å². The van der Waals surface area contributed by atoms with Gasteiger partial charge in [-0.25, -0.2) is 0 Å². The molecule has 6 heteroatoms. The number of ether oxygens (including phenoxy) is 2. The molecule has 0 fully saturated rings. The van der Waals surface area contributed by atoms with Crippen molar-refractivity contribution >= 4 is 0 Å². The summed E-state index contributed by atoms with van der Waals surface area (Å²) in [4.78, 5) is 1.94. The molecule has 0 radical (unpaired) electrons. The minimum absolute atomic E-state index is 0.0534. The van der Waals surface area contributed by atoms with Gasteiger partial charge in [-0.1, -0.05) is 12.1 Å². The topological polar surface area (TPSA) is 88.2 Å². The first-order valence-electron chi connectivity index (χ1n) is 7.11. The van der Waals surface area contributed by atoms with Gasteiger partial charge in [-0.3, -0.25) is 4.90 Å². The predicted octanol–water partition coefficient (Wildman–Crippen LogP) is -0.174. The van der Waals surface area contributed by atoms with Crippen molar-refractivity contribution in [2.24, 2.45) is 5.73 Å². The molecule has 0 spiro atoms. The molecule has 0 bridgehead atoms. The van der Waals surface area contributed by atoms with Crippen LogP contribution >= 0.6 is 0 Å². The van der Waals surface area contributed by atoms with Crippen molar-refractivity contribution < 1.29 is 19.7 Å². The lowest BCUT2D eigenvalue weighted by Gasteiger charge is -2.24. The van der Waals surface area contributed by atoms with Gasteiger partial charge in [0.1, 0.15) is 18.5 Å². The third kappa shape index (κ3) is 7.40. The molecule has 6 nitrogen and oxygen atoms in total. The van der Waals surface area contributed by atoms with Crippen molar-refractivity contribution in [3.05, 3.63) is 29.8 Å². The first kappa shape index (κ1) is 17.9. The van der Waals surface area contributed by atoms with Crippen molar-refractivity contribution in [2.45, 2.75) is 12.6 Å². The van der Waals surface area contributed by atoms with Crippen LogP contribution in [0.4, 0.5) is 0 Å². The summed E-state index contributed by atoms with van der Waals surface area (Å²) in [6.45, 7) is 2.93. The van der Waals surface area contributed by atoms with E-state index in [0.29, 0.717) is 38.5 Å². The number of nitrogens with zero attached hydrogens (tertiary/aromatic N) is 1. The molecule has 1 aromatic rings. The van der Waals surface area contributed by atoms with Gasteiger partial charge in [0, 0.05) is 33.3 Å². The van der Waals surface area contributed by atoms with Crippen molar-refractivity contribution in [1.82, 2.24) is 4.90 Å². The normalized spacial score (nSPS) is 12.6. The molecule has 1 unspecified atom stereocenters. The van der Waals surface area contributed by atoms with Crippen molar-refractivity contribution in [2.75, 3.05) is 46.6 Å². The molecule has 21 heavy (non-hydrogen) atoms. The third-order valence-corrected chi connectivity index (χ3v) is 3.10. The Bertz CT molecular complexity index is 372. The van der Waals surface area contributed by atoms with Crippen molar-refractivity contribution in [3.8, 4) is 5.75 Å². The lowest BCUT2D eigenvalue weighted by atomic mass is 10.2. The maximum atomic E-state index is 10.00. The summed E-state index contributed by atoms with van der Waals surface area (Å²) in [5.74, 6) is 0.705. The third-order valence-electron chi connectivity index (χ3n) is 3.10. The van der Waals surface area contributed by atoms with Crippen LogP contribution in [-0.2, 0) is 11.3 Å². The number of aliphatic hydroxyl groups is 2. The molecule has 0 aliphatic heterocycles. The van der Waals surface area contributed by atoms with E-state index in [0.717, 1.165) is 5.56 Å². The largest absolute Gasteiger partial charge is 0.491 e. The molecule has 1 atom stereocenters. The summed E-state index contributed by atoms with van der Waals surface area (Å²) in [6, 6.07) is 7.48. The first-order valence-corrected chi connectivity index (χ1v) is 7.11. The zero-order valence-corrected chi connectivity index (χ0v) is 12.6. The maximum Gasteiger partial charge on any atom is 0.119 e. The number of hydrogen-bond donors (Lipinski definition) is 3. The number of hydrogen-bond acceptors (Lipinski definition) is 6. The second-order valence-electron chi connectivity index (χ2n) is 4.83. The highest BCUT2D eigenvalue weighted by Gasteiger charge is 2.12. The van der Waals surface area contributed by atoms with E-state index in [9.17, 15) is 5.11 Å². The molecular weight excluding hydrogens is 272 g/mol. The summed E-state index contributed by atoms with van der Waals surface area (Å²) in [7, 11) is 1.63. The van der Waals surface area contributed by atoms with E-state index in [1.807, 2.05) is 29.2 Å². The highest BCUT2D eigenvalue weighted by Crippen LogP contribution is 2.12. The second kappa shape index (κ2) is 10.5. The van der Waals surface area contributed by atoms with Gasteiger partial charge < -0.3 is 25.4 Å². The Labute approximate surface area is 126 Å². The van der Waals surface area contributed by atoms with Gasteiger partial charge in [-0.15, -0.1) is 0 Å². The number of rotatable bonds is 11. The van der Waals surface area contributed by atoms with Crippen LogP contribution in [0.25, 0.3) is 0 Å². The number of methoxy groups -OCH3 is 1. The fraction of sp³-hybridized carbons (Fsp3) is 0.600.